The van der Waals surface area contributed by atoms with Crippen molar-refractivity contribution in [1.82, 2.24) is 5.32 Å². The fourth-order valence-electron chi connectivity index (χ4n) is 1.68. The topological polar surface area (TPSA) is 71.7 Å². The van der Waals surface area contributed by atoms with Crippen LogP contribution in [-0.4, -0.2) is 18.1 Å². The summed E-state index contributed by atoms with van der Waals surface area (Å²) in [6, 6.07) is 8.13. The van der Waals surface area contributed by atoms with Crippen LogP contribution in [0.5, 0.6) is 11.5 Å². The standard InChI is InChI=1S/C14H15NO4/c1-9-3-5-11(19-9)8-15-14(17)10-4-6-13(18-2)12(16)7-10/h3-7,16H,8H2,1-2H3,(H,15,17). The zero-order chi connectivity index (χ0) is 13.8. The summed E-state index contributed by atoms with van der Waals surface area (Å²) in [6.07, 6.45) is 0. The number of hydrogen-bond acceptors (Lipinski definition) is 4. The number of aryl methyl sites for hydroxylation is 1. The number of rotatable bonds is 4. The van der Waals surface area contributed by atoms with Crippen molar-refractivity contribution in [1.29, 1.82) is 0 Å². The number of furan rings is 1. The molecule has 1 aromatic heterocycles. The van der Waals surface area contributed by atoms with Gasteiger partial charge in [0.1, 0.15) is 11.5 Å². The summed E-state index contributed by atoms with van der Waals surface area (Å²) in [5.41, 5.74) is 0.363. The zero-order valence-corrected chi connectivity index (χ0v) is 10.8. The van der Waals surface area contributed by atoms with Crippen LogP contribution in [0.3, 0.4) is 0 Å². The third-order valence-corrected chi connectivity index (χ3v) is 2.66. The number of phenols is 1. The maximum Gasteiger partial charge on any atom is 0.251 e. The van der Waals surface area contributed by atoms with Gasteiger partial charge in [0.15, 0.2) is 11.5 Å². The predicted octanol–water partition coefficient (Wildman–Crippen LogP) is 2.23. The van der Waals surface area contributed by atoms with E-state index in [0.29, 0.717) is 23.6 Å². The van der Waals surface area contributed by atoms with E-state index in [2.05, 4.69) is 5.32 Å². The largest absolute Gasteiger partial charge is 0.504 e. The van der Waals surface area contributed by atoms with Crippen molar-refractivity contribution < 1.29 is 19.1 Å². The van der Waals surface area contributed by atoms with E-state index in [1.807, 2.05) is 13.0 Å². The minimum absolute atomic E-state index is 0.0657. The Morgan fingerprint density at radius 2 is 2.16 bits per heavy atom. The fourth-order valence-corrected chi connectivity index (χ4v) is 1.68. The molecule has 0 saturated heterocycles. The molecule has 1 heterocycles. The lowest BCUT2D eigenvalue weighted by Gasteiger charge is -2.06. The van der Waals surface area contributed by atoms with E-state index in [4.69, 9.17) is 9.15 Å². The van der Waals surface area contributed by atoms with Crippen LogP contribution < -0.4 is 10.1 Å². The van der Waals surface area contributed by atoms with Crippen LogP contribution in [0, 0.1) is 6.92 Å². The number of carbonyl (C=O) groups is 1. The fraction of sp³-hybridized carbons (Fsp3) is 0.214. The average Bonchev–Trinajstić information content (AvgIpc) is 2.81. The molecule has 1 amide bonds. The van der Waals surface area contributed by atoms with Crippen LogP contribution in [0.15, 0.2) is 34.7 Å². The van der Waals surface area contributed by atoms with Gasteiger partial charge >= 0.3 is 0 Å². The molecule has 0 radical (unpaired) electrons. The molecule has 0 saturated carbocycles. The van der Waals surface area contributed by atoms with Crippen molar-refractivity contribution >= 4 is 5.91 Å². The molecule has 0 aliphatic heterocycles. The minimum atomic E-state index is -0.285. The van der Waals surface area contributed by atoms with Gasteiger partial charge in [-0.25, -0.2) is 0 Å². The third kappa shape index (κ3) is 3.07. The van der Waals surface area contributed by atoms with E-state index < -0.39 is 0 Å². The first kappa shape index (κ1) is 13.0. The van der Waals surface area contributed by atoms with Crippen LogP contribution in [0.25, 0.3) is 0 Å². The van der Waals surface area contributed by atoms with Crippen LogP contribution in [-0.2, 0) is 6.54 Å². The number of phenolic OH excluding ortho intramolecular Hbond substituents is 1. The Morgan fingerprint density at radius 1 is 1.37 bits per heavy atom. The number of benzene rings is 1. The molecule has 0 spiro atoms. The van der Waals surface area contributed by atoms with E-state index in [0.717, 1.165) is 5.76 Å². The first-order valence-corrected chi connectivity index (χ1v) is 5.80. The summed E-state index contributed by atoms with van der Waals surface area (Å²) in [6.45, 7) is 2.15. The summed E-state index contributed by atoms with van der Waals surface area (Å²) >= 11 is 0. The molecule has 0 aliphatic carbocycles. The number of carbonyl (C=O) groups excluding carboxylic acids is 1. The van der Waals surface area contributed by atoms with Gasteiger partial charge in [-0.15, -0.1) is 0 Å². The van der Waals surface area contributed by atoms with Gasteiger partial charge in [-0.3, -0.25) is 4.79 Å². The molecule has 0 bridgehead atoms. The molecule has 2 rings (SSSR count). The predicted molar refractivity (Wildman–Crippen MR) is 69.3 cm³/mol. The van der Waals surface area contributed by atoms with E-state index >= 15 is 0 Å². The highest BCUT2D eigenvalue weighted by Gasteiger charge is 2.10. The van der Waals surface area contributed by atoms with Crippen LogP contribution in [0.4, 0.5) is 0 Å². The molecule has 2 N–H and O–H groups in total. The smallest absolute Gasteiger partial charge is 0.251 e. The molecule has 5 nitrogen and oxygen atoms in total. The van der Waals surface area contributed by atoms with E-state index in [-0.39, 0.29) is 11.7 Å². The Bertz CT molecular complexity index is 589. The second-order valence-corrected chi connectivity index (χ2v) is 4.08. The number of hydrogen-bond donors (Lipinski definition) is 2. The van der Waals surface area contributed by atoms with Crippen molar-refractivity contribution in [3.63, 3.8) is 0 Å². The Balaban J connectivity index is 2.01. The number of ether oxygens (including phenoxy) is 1. The molecule has 100 valence electrons. The molecule has 0 aliphatic rings. The molecule has 0 unspecified atom stereocenters. The summed E-state index contributed by atoms with van der Waals surface area (Å²) in [4.78, 5) is 11.9. The molecule has 2 aromatic rings. The molecule has 5 heteroatoms. The molecule has 1 aromatic carbocycles. The van der Waals surface area contributed by atoms with Crippen LogP contribution in [0.2, 0.25) is 0 Å². The zero-order valence-electron chi connectivity index (χ0n) is 10.8. The number of amides is 1. The lowest BCUT2D eigenvalue weighted by atomic mass is 10.2. The highest BCUT2D eigenvalue weighted by molar-refractivity contribution is 5.94. The van der Waals surface area contributed by atoms with Crippen molar-refractivity contribution in [3.8, 4) is 11.5 Å². The molecular formula is C14H15NO4. The molecule has 0 atom stereocenters. The summed E-state index contributed by atoms with van der Waals surface area (Å²) in [5, 5.41) is 12.3. The Labute approximate surface area is 110 Å². The molecule has 19 heavy (non-hydrogen) atoms. The highest BCUT2D eigenvalue weighted by Crippen LogP contribution is 2.26. The summed E-state index contributed by atoms with van der Waals surface area (Å²) in [7, 11) is 1.45. The average molecular weight is 261 g/mol. The minimum Gasteiger partial charge on any atom is -0.504 e. The van der Waals surface area contributed by atoms with Crippen LogP contribution in [0.1, 0.15) is 21.9 Å². The Hall–Kier alpha value is -2.43. The third-order valence-electron chi connectivity index (χ3n) is 2.66. The normalized spacial score (nSPS) is 10.2. The first-order valence-electron chi connectivity index (χ1n) is 5.80. The SMILES string of the molecule is COc1ccc(C(=O)NCc2ccc(C)o2)cc1O. The van der Waals surface area contributed by atoms with Gasteiger partial charge in [0, 0.05) is 5.56 Å². The number of aromatic hydroxyl groups is 1. The van der Waals surface area contributed by atoms with Gasteiger partial charge in [-0.05, 0) is 37.3 Å². The maximum atomic E-state index is 11.9. The van der Waals surface area contributed by atoms with Crippen molar-refractivity contribution in [3.05, 3.63) is 47.4 Å². The van der Waals surface area contributed by atoms with Gasteiger partial charge in [-0.2, -0.15) is 0 Å². The Kier molecular flexibility index (Phi) is 3.75. The van der Waals surface area contributed by atoms with Crippen LogP contribution >= 0.6 is 0 Å². The van der Waals surface area contributed by atoms with E-state index in [9.17, 15) is 9.90 Å². The quantitative estimate of drug-likeness (QED) is 0.885. The first-order chi connectivity index (χ1) is 9.10. The van der Waals surface area contributed by atoms with Gasteiger partial charge in [-0.1, -0.05) is 0 Å². The maximum absolute atomic E-state index is 11.9. The van der Waals surface area contributed by atoms with Crippen molar-refractivity contribution in [2.45, 2.75) is 13.5 Å². The lowest BCUT2D eigenvalue weighted by molar-refractivity contribution is 0.0947. The number of nitrogens with one attached hydrogen (secondary N) is 1. The van der Waals surface area contributed by atoms with E-state index in [1.54, 1.807) is 18.2 Å². The highest BCUT2D eigenvalue weighted by atomic mass is 16.5. The lowest BCUT2D eigenvalue weighted by Crippen LogP contribution is -2.22. The van der Waals surface area contributed by atoms with Gasteiger partial charge in [0.05, 0.1) is 13.7 Å². The van der Waals surface area contributed by atoms with Gasteiger partial charge in [0.2, 0.25) is 0 Å². The Morgan fingerprint density at radius 3 is 2.74 bits per heavy atom. The number of methoxy groups -OCH3 is 1. The summed E-state index contributed by atoms with van der Waals surface area (Å²) < 4.78 is 10.3. The van der Waals surface area contributed by atoms with Crippen molar-refractivity contribution in [2.75, 3.05) is 7.11 Å². The van der Waals surface area contributed by atoms with E-state index in [1.165, 1.54) is 13.2 Å². The van der Waals surface area contributed by atoms with Gasteiger partial charge in [0.25, 0.3) is 5.91 Å². The van der Waals surface area contributed by atoms with Crippen molar-refractivity contribution in [2.24, 2.45) is 0 Å². The summed E-state index contributed by atoms with van der Waals surface area (Å²) in [5.74, 6) is 1.46. The second kappa shape index (κ2) is 5.48. The molecule has 0 fully saturated rings. The molecular weight excluding hydrogens is 246 g/mol. The second-order valence-electron chi connectivity index (χ2n) is 4.08. The monoisotopic (exact) mass is 261 g/mol. The van der Waals surface area contributed by atoms with Gasteiger partial charge < -0.3 is 19.6 Å².